The van der Waals surface area contributed by atoms with E-state index in [1.54, 1.807) is 0 Å². The van der Waals surface area contributed by atoms with Gasteiger partial charge in [-0.25, -0.2) is 0 Å². The van der Waals surface area contributed by atoms with Crippen LogP contribution in [0.3, 0.4) is 0 Å². The van der Waals surface area contributed by atoms with E-state index < -0.39 is 30.3 Å². The molecule has 9 nitrogen and oxygen atoms in total. The van der Waals surface area contributed by atoms with Gasteiger partial charge in [0, 0.05) is 63.8 Å². The average molecular weight is 771 g/mol. The molecule has 296 valence electrons. The van der Waals surface area contributed by atoms with Gasteiger partial charge in [0.1, 0.15) is 6.04 Å². The van der Waals surface area contributed by atoms with Gasteiger partial charge in [-0.3, -0.25) is 19.4 Å². The van der Waals surface area contributed by atoms with Crippen molar-refractivity contribution in [2.45, 2.75) is 70.2 Å². The van der Waals surface area contributed by atoms with Crippen molar-refractivity contribution in [2.75, 3.05) is 39.3 Å². The Labute approximate surface area is 326 Å². The number of nitrogens with one attached hydrogen (secondary N) is 1. The van der Waals surface area contributed by atoms with E-state index in [4.69, 9.17) is 9.47 Å². The Morgan fingerprint density at radius 3 is 2.14 bits per heavy atom. The van der Waals surface area contributed by atoms with Crippen molar-refractivity contribution in [3.63, 3.8) is 0 Å². The van der Waals surface area contributed by atoms with Crippen LogP contribution in [0.1, 0.15) is 60.0 Å². The van der Waals surface area contributed by atoms with E-state index in [1.165, 1.54) is 5.56 Å². The fourth-order valence-electron chi connectivity index (χ4n) is 8.08. The first-order chi connectivity index (χ1) is 27.1. The van der Waals surface area contributed by atoms with E-state index in [-0.39, 0.29) is 44.2 Å². The number of carbonyl (C=O) groups is 2. The zero-order valence-corrected chi connectivity index (χ0v) is 31.5. The van der Waals surface area contributed by atoms with Gasteiger partial charge < -0.3 is 24.8 Å². The predicted octanol–water partition coefficient (Wildman–Crippen LogP) is 6.62. The molecule has 0 saturated carbocycles. The lowest BCUT2D eigenvalue weighted by atomic mass is 9.89. The molecular formula is C44H49F3N4O5. The summed E-state index contributed by atoms with van der Waals surface area (Å²) < 4.78 is 52.9. The quantitative estimate of drug-likeness (QED) is 0.177. The van der Waals surface area contributed by atoms with Crippen molar-refractivity contribution in [1.82, 2.24) is 20.0 Å². The molecule has 5 atom stereocenters. The molecule has 12 heteroatoms. The third kappa shape index (κ3) is 9.33. The highest BCUT2D eigenvalue weighted by atomic mass is 19.4. The molecule has 0 aliphatic carbocycles. The number of benzene rings is 4. The normalized spacial score (nSPS) is 23.6. The molecule has 0 aromatic heterocycles. The lowest BCUT2D eigenvalue weighted by Crippen LogP contribution is -2.51. The maximum atomic E-state index is 13.1. The number of amides is 2. The Morgan fingerprint density at radius 1 is 0.786 bits per heavy atom. The number of ether oxygens (including phenoxy) is 2. The van der Waals surface area contributed by atoms with Gasteiger partial charge in [0.15, 0.2) is 6.29 Å². The Balaban J connectivity index is 1.04. The van der Waals surface area contributed by atoms with Crippen molar-refractivity contribution in [3.8, 4) is 11.1 Å². The number of nitrogens with zero attached hydrogens (tertiary/aromatic N) is 3. The number of aliphatic hydroxyl groups is 1. The van der Waals surface area contributed by atoms with Crippen molar-refractivity contribution in [2.24, 2.45) is 5.92 Å². The highest BCUT2D eigenvalue weighted by Gasteiger charge is 2.47. The van der Waals surface area contributed by atoms with Gasteiger partial charge in [0.25, 0.3) is 0 Å². The lowest BCUT2D eigenvalue weighted by molar-refractivity contribution is -0.276. The molecule has 0 radical (unpaired) electrons. The van der Waals surface area contributed by atoms with Gasteiger partial charge in [-0.2, -0.15) is 13.2 Å². The van der Waals surface area contributed by atoms with E-state index in [9.17, 15) is 27.9 Å². The topological polar surface area (TPSA) is 94.6 Å². The van der Waals surface area contributed by atoms with Crippen LogP contribution >= 0.6 is 0 Å². The molecule has 56 heavy (non-hydrogen) atoms. The van der Waals surface area contributed by atoms with Crippen LogP contribution in [0.25, 0.3) is 11.1 Å². The van der Waals surface area contributed by atoms with Crippen molar-refractivity contribution in [3.05, 3.63) is 131 Å². The second-order valence-corrected chi connectivity index (χ2v) is 15.0. The molecule has 3 aliphatic rings. The average Bonchev–Trinajstić information content (AvgIpc) is 3.72. The second kappa shape index (κ2) is 17.7. The molecule has 0 bridgehead atoms. The standard InChI is InChI=1S/C44H49F3N4O5/c1-30-39(28-50-24-22-49(23-25-50)27-31-8-3-2-4-9-31)55-42(56-40(30)34-15-13-32(29-52)14-16-34)35-19-17-33(18-20-35)37-11-6-5-10-36(37)26-48-41(53)38-12-7-21-51(38)43(54)44(45,46)47/h2-6,8-11,13-20,30,38-40,42,52H,7,12,21-29H2,1H3,(H,48,53). The molecule has 4 aromatic carbocycles. The summed E-state index contributed by atoms with van der Waals surface area (Å²) in [6.07, 6.45) is -5.49. The molecule has 5 unspecified atom stereocenters. The first-order valence-electron chi connectivity index (χ1n) is 19.4. The van der Waals surface area contributed by atoms with Crippen LogP contribution in [0, 0.1) is 5.92 Å². The predicted molar refractivity (Wildman–Crippen MR) is 206 cm³/mol. The number of rotatable bonds is 11. The van der Waals surface area contributed by atoms with Crippen LogP contribution in [0.15, 0.2) is 103 Å². The lowest BCUT2D eigenvalue weighted by Gasteiger charge is -2.44. The van der Waals surface area contributed by atoms with Crippen LogP contribution in [0.2, 0.25) is 0 Å². The minimum absolute atomic E-state index is 0.0318. The Kier molecular flexibility index (Phi) is 12.5. The zero-order chi connectivity index (χ0) is 39.2. The van der Waals surface area contributed by atoms with Crippen LogP contribution in [0.4, 0.5) is 13.2 Å². The van der Waals surface area contributed by atoms with E-state index >= 15 is 0 Å². The molecule has 3 saturated heterocycles. The Bertz CT molecular complexity index is 1920. The van der Waals surface area contributed by atoms with Gasteiger partial charge in [-0.15, -0.1) is 0 Å². The summed E-state index contributed by atoms with van der Waals surface area (Å²) in [4.78, 5) is 30.6. The van der Waals surface area contributed by atoms with Crippen LogP contribution in [-0.4, -0.2) is 89.2 Å². The van der Waals surface area contributed by atoms with E-state index in [1.807, 2.05) is 78.9 Å². The molecule has 4 aromatic rings. The van der Waals surface area contributed by atoms with Crippen molar-refractivity contribution < 1.29 is 37.3 Å². The maximum Gasteiger partial charge on any atom is 0.471 e. The van der Waals surface area contributed by atoms with Crippen LogP contribution in [-0.2, 0) is 38.8 Å². The number of halogens is 3. The minimum Gasteiger partial charge on any atom is -0.392 e. The number of alkyl halides is 3. The molecule has 7 rings (SSSR count). The van der Waals surface area contributed by atoms with Crippen LogP contribution < -0.4 is 5.32 Å². The SMILES string of the molecule is CC1C(CN2CCN(Cc3ccccc3)CC2)OC(c2ccc(-c3ccccc3CNC(=O)C3CCCN3C(=O)C(F)(F)F)cc2)OC1c1ccc(CO)cc1. The number of piperazine rings is 1. The number of likely N-dealkylation sites (tertiary alicyclic amines) is 1. The summed E-state index contributed by atoms with van der Waals surface area (Å²) in [6, 6.07) is 32.8. The van der Waals surface area contributed by atoms with Crippen molar-refractivity contribution >= 4 is 11.8 Å². The third-order valence-corrected chi connectivity index (χ3v) is 11.3. The number of hydrogen-bond acceptors (Lipinski definition) is 7. The highest BCUT2D eigenvalue weighted by molar-refractivity contribution is 5.90. The largest absolute Gasteiger partial charge is 0.471 e. The van der Waals surface area contributed by atoms with E-state index in [0.29, 0.717) is 11.3 Å². The molecule has 0 spiro atoms. The fraction of sp³-hybridized carbons (Fsp3) is 0.409. The minimum atomic E-state index is -5.03. The summed E-state index contributed by atoms with van der Waals surface area (Å²) in [7, 11) is 0. The number of hydrogen-bond donors (Lipinski definition) is 2. The summed E-state index contributed by atoms with van der Waals surface area (Å²) in [5.41, 5.74) is 6.57. The van der Waals surface area contributed by atoms with Gasteiger partial charge in [-0.1, -0.05) is 110 Å². The summed E-state index contributed by atoms with van der Waals surface area (Å²) in [6.45, 7) is 7.69. The number of carbonyl (C=O) groups excluding carboxylic acids is 2. The zero-order valence-electron chi connectivity index (χ0n) is 31.5. The third-order valence-electron chi connectivity index (χ3n) is 11.3. The first kappa shape index (κ1) is 39.6. The fourth-order valence-corrected chi connectivity index (χ4v) is 8.08. The molecule has 2 amide bonds. The summed E-state index contributed by atoms with van der Waals surface area (Å²) in [5, 5.41) is 12.4. The molecule has 3 aliphatic heterocycles. The van der Waals surface area contributed by atoms with E-state index in [0.717, 1.165) is 72.6 Å². The molecule has 2 N–H and O–H groups in total. The van der Waals surface area contributed by atoms with Gasteiger partial charge in [0.2, 0.25) is 5.91 Å². The molecule has 3 heterocycles. The van der Waals surface area contributed by atoms with Gasteiger partial charge >= 0.3 is 12.1 Å². The second-order valence-electron chi connectivity index (χ2n) is 15.0. The maximum absolute atomic E-state index is 13.1. The Morgan fingerprint density at radius 2 is 1.45 bits per heavy atom. The van der Waals surface area contributed by atoms with Gasteiger partial charge in [0.05, 0.1) is 18.8 Å². The first-order valence-corrected chi connectivity index (χ1v) is 19.4. The summed E-state index contributed by atoms with van der Waals surface area (Å²) >= 11 is 0. The van der Waals surface area contributed by atoms with E-state index in [2.05, 4.69) is 46.3 Å². The summed E-state index contributed by atoms with van der Waals surface area (Å²) in [5.74, 6) is -2.53. The monoisotopic (exact) mass is 770 g/mol. The van der Waals surface area contributed by atoms with Crippen LogP contribution in [0.5, 0.6) is 0 Å². The highest BCUT2D eigenvalue weighted by Crippen LogP contribution is 2.42. The molecular weight excluding hydrogens is 722 g/mol. The van der Waals surface area contributed by atoms with Crippen molar-refractivity contribution in [1.29, 1.82) is 0 Å². The Hall–Kier alpha value is -4.59. The smallest absolute Gasteiger partial charge is 0.392 e. The van der Waals surface area contributed by atoms with Gasteiger partial charge in [-0.05, 0) is 46.2 Å². The number of aliphatic hydroxyl groups excluding tert-OH is 1. The molecule has 3 fully saturated rings.